The minimum absolute atomic E-state index is 0.216. The van der Waals surface area contributed by atoms with Gasteiger partial charge in [-0.15, -0.1) is 5.06 Å². The van der Waals surface area contributed by atoms with E-state index in [1.807, 2.05) is 27.7 Å². The van der Waals surface area contributed by atoms with E-state index in [1.54, 1.807) is 5.06 Å². The van der Waals surface area contributed by atoms with Crippen LogP contribution in [-0.2, 0) is 14.4 Å². The van der Waals surface area contributed by atoms with E-state index in [0.717, 1.165) is 0 Å². The van der Waals surface area contributed by atoms with Gasteiger partial charge in [-0.2, -0.15) is 0 Å². The Morgan fingerprint density at radius 3 is 1.93 bits per heavy atom. The molecule has 4 heteroatoms. The van der Waals surface area contributed by atoms with Crippen molar-refractivity contribution in [1.82, 2.24) is 5.06 Å². The van der Waals surface area contributed by atoms with Crippen LogP contribution in [0.5, 0.6) is 0 Å². The van der Waals surface area contributed by atoms with E-state index >= 15 is 0 Å². The largest absolute Gasteiger partial charge is 0.367 e. The van der Waals surface area contributed by atoms with E-state index in [2.05, 4.69) is 0 Å². The van der Waals surface area contributed by atoms with E-state index in [1.165, 1.54) is 6.92 Å². The first kappa shape index (κ1) is 12.2. The number of hydrogen-bond donors (Lipinski definition) is 0. The number of Topliss-reactive ketones (excluding diaryl/α,β-unsaturated/α-hetero) is 1. The van der Waals surface area contributed by atoms with E-state index in [-0.39, 0.29) is 11.8 Å². The zero-order chi connectivity index (χ0) is 11.9. The molecule has 0 radical (unpaired) electrons. The topological polar surface area (TPSA) is 46.6 Å². The van der Waals surface area contributed by atoms with Gasteiger partial charge in [0.15, 0.2) is 0 Å². The van der Waals surface area contributed by atoms with Gasteiger partial charge in [0, 0.05) is 19.8 Å². The second-order valence-corrected chi connectivity index (χ2v) is 5.39. The summed E-state index contributed by atoms with van der Waals surface area (Å²) in [6.45, 7) is 9.02. The lowest BCUT2D eigenvalue weighted by Crippen LogP contribution is -2.61. The Hall–Kier alpha value is -0.900. The molecule has 86 valence electrons. The molecule has 1 aliphatic rings. The van der Waals surface area contributed by atoms with Crippen LogP contribution in [0.3, 0.4) is 0 Å². The molecule has 1 saturated heterocycles. The number of nitrogens with zero attached hydrogens (tertiary/aromatic N) is 1. The summed E-state index contributed by atoms with van der Waals surface area (Å²) >= 11 is 0. The Balaban J connectivity index is 2.97. The summed E-state index contributed by atoms with van der Waals surface area (Å²) in [5.41, 5.74) is -0.852. The molecule has 0 amide bonds. The summed E-state index contributed by atoms with van der Waals surface area (Å²) in [7, 11) is 0. The highest BCUT2D eigenvalue weighted by atomic mass is 16.7. The molecule has 4 nitrogen and oxygen atoms in total. The van der Waals surface area contributed by atoms with Gasteiger partial charge in [0.05, 0.1) is 11.1 Å². The van der Waals surface area contributed by atoms with E-state index < -0.39 is 11.1 Å². The van der Waals surface area contributed by atoms with Gasteiger partial charge in [-0.05, 0) is 27.7 Å². The zero-order valence-electron chi connectivity index (χ0n) is 10.1. The van der Waals surface area contributed by atoms with E-state index in [4.69, 9.17) is 4.84 Å². The van der Waals surface area contributed by atoms with Crippen molar-refractivity contribution in [2.24, 2.45) is 0 Å². The third-order valence-corrected chi connectivity index (χ3v) is 2.58. The number of piperidine rings is 1. The van der Waals surface area contributed by atoms with Gasteiger partial charge >= 0.3 is 5.97 Å². The van der Waals surface area contributed by atoms with Gasteiger partial charge in [0.2, 0.25) is 0 Å². The van der Waals surface area contributed by atoms with Gasteiger partial charge in [-0.1, -0.05) is 0 Å². The van der Waals surface area contributed by atoms with Crippen molar-refractivity contribution in [3.05, 3.63) is 0 Å². The van der Waals surface area contributed by atoms with Crippen LogP contribution in [0.2, 0.25) is 0 Å². The van der Waals surface area contributed by atoms with E-state index in [9.17, 15) is 9.59 Å². The highest BCUT2D eigenvalue weighted by Crippen LogP contribution is 2.36. The predicted molar refractivity (Wildman–Crippen MR) is 56.0 cm³/mol. The number of hydrogen-bond acceptors (Lipinski definition) is 4. The maximum Gasteiger partial charge on any atom is 0.322 e. The molecular formula is C11H19NO3. The molecule has 0 atom stereocenters. The number of rotatable bonds is 1. The Labute approximate surface area is 90.5 Å². The van der Waals surface area contributed by atoms with Gasteiger partial charge in [0.25, 0.3) is 0 Å². The molecule has 0 saturated carbocycles. The highest BCUT2D eigenvalue weighted by Gasteiger charge is 2.47. The monoisotopic (exact) mass is 213 g/mol. The Bertz CT molecular complexity index is 274. The molecule has 0 aliphatic carbocycles. The molecule has 0 aromatic carbocycles. The molecular weight excluding hydrogens is 194 g/mol. The molecule has 0 aromatic rings. The minimum Gasteiger partial charge on any atom is -0.367 e. The first-order valence-corrected chi connectivity index (χ1v) is 5.16. The lowest BCUT2D eigenvalue weighted by Gasteiger charge is -2.49. The van der Waals surface area contributed by atoms with Gasteiger partial charge in [-0.25, -0.2) is 0 Å². The first-order chi connectivity index (χ1) is 6.65. The SMILES string of the molecule is CC(=O)ON1C(C)(C)CC(=O)CC1(C)C. The number of carbonyl (C=O) groups is 2. The van der Waals surface area contributed by atoms with Crippen molar-refractivity contribution >= 4 is 11.8 Å². The number of carbonyl (C=O) groups excluding carboxylic acids is 2. The summed E-state index contributed by atoms with van der Waals surface area (Å²) in [4.78, 5) is 27.8. The van der Waals surface area contributed by atoms with Crippen molar-refractivity contribution in [1.29, 1.82) is 0 Å². The summed E-state index contributed by atoms with van der Waals surface area (Å²) in [6, 6.07) is 0. The normalized spacial score (nSPS) is 25.0. The van der Waals surface area contributed by atoms with Crippen molar-refractivity contribution in [3.8, 4) is 0 Å². The van der Waals surface area contributed by atoms with Crippen LogP contribution in [0, 0.1) is 0 Å². The average molecular weight is 213 g/mol. The lowest BCUT2D eigenvalue weighted by molar-refractivity contribution is -0.259. The van der Waals surface area contributed by atoms with Crippen LogP contribution in [0.1, 0.15) is 47.5 Å². The highest BCUT2D eigenvalue weighted by molar-refractivity contribution is 5.81. The van der Waals surface area contributed by atoms with E-state index in [0.29, 0.717) is 12.8 Å². The second-order valence-electron chi connectivity index (χ2n) is 5.39. The van der Waals surface area contributed by atoms with Crippen LogP contribution in [0.4, 0.5) is 0 Å². The Morgan fingerprint density at radius 2 is 1.60 bits per heavy atom. The fourth-order valence-corrected chi connectivity index (χ4v) is 2.37. The van der Waals surface area contributed by atoms with Crippen molar-refractivity contribution in [2.75, 3.05) is 0 Å². The smallest absolute Gasteiger partial charge is 0.322 e. The van der Waals surface area contributed by atoms with Gasteiger partial charge in [0.1, 0.15) is 5.78 Å². The molecule has 0 spiro atoms. The predicted octanol–water partition coefficient (Wildman–Crippen LogP) is 1.69. The lowest BCUT2D eigenvalue weighted by atomic mass is 9.81. The van der Waals surface area contributed by atoms with Crippen LogP contribution in [-0.4, -0.2) is 27.9 Å². The molecule has 15 heavy (non-hydrogen) atoms. The Kier molecular flexibility index (Phi) is 2.92. The molecule has 0 bridgehead atoms. The molecule has 1 aliphatic heterocycles. The first-order valence-electron chi connectivity index (χ1n) is 5.16. The minimum atomic E-state index is -0.426. The van der Waals surface area contributed by atoms with Gasteiger partial charge < -0.3 is 4.84 Å². The third kappa shape index (κ3) is 2.56. The quantitative estimate of drug-likeness (QED) is 0.665. The van der Waals surface area contributed by atoms with Crippen molar-refractivity contribution in [2.45, 2.75) is 58.5 Å². The maximum atomic E-state index is 11.6. The Morgan fingerprint density at radius 1 is 1.20 bits per heavy atom. The summed E-state index contributed by atoms with van der Waals surface area (Å²) in [5, 5.41) is 1.66. The van der Waals surface area contributed by atoms with Crippen LogP contribution in [0.25, 0.3) is 0 Å². The zero-order valence-corrected chi connectivity index (χ0v) is 10.1. The van der Waals surface area contributed by atoms with Crippen molar-refractivity contribution < 1.29 is 14.4 Å². The van der Waals surface area contributed by atoms with Crippen LogP contribution >= 0.6 is 0 Å². The van der Waals surface area contributed by atoms with Crippen LogP contribution < -0.4 is 0 Å². The van der Waals surface area contributed by atoms with Gasteiger partial charge in [-0.3, -0.25) is 9.59 Å². The second kappa shape index (κ2) is 3.59. The fourth-order valence-electron chi connectivity index (χ4n) is 2.37. The number of hydroxylamine groups is 2. The maximum absolute atomic E-state index is 11.6. The van der Waals surface area contributed by atoms with Crippen LogP contribution in [0.15, 0.2) is 0 Å². The molecule has 0 N–H and O–H groups in total. The number of ketones is 1. The third-order valence-electron chi connectivity index (χ3n) is 2.58. The standard InChI is InChI=1S/C11H19NO3/c1-8(13)15-12-10(2,3)6-9(14)7-11(12,4)5/h6-7H2,1-5H3. The molecule has 1 fully saturated rings. The van der Waals surface area contributed by atoms with Crippen molar-refractivity contribution in [3.63, 3.8) is 0 Å². The molecule has 1 heterocycles. The average Bonchev–Trinajstić information content (AvgIpc) is 1.94. The summed E-state index contributed by atoms with van der Waals surface area (Å²) in [5.74, 6) is -0.126. The summed E-state index contributed by atoms with van der Waals surface area (Å²) in [6.07, 6.45) is 0.841. The fraction of sp³-hybridized carbons (Fsp3) is 0.818. The molecule has 1 rings (SSSR count). The molecule has 0 unspecified atom stereocenters. The molecule has 0 aromatic heterocycles. The summed E-state index contributed by atoms with van der Waals surface area (Å²) < 4.78 is 0.